The zero-order valence-electron chi connectivity index (χ0n) is 11.7. The number of piperazine rings is 1. The average Bonchev–Trinajstić information content (AvgIpc) is 3.23. The summed E-state index contributed by atoms with van der Waals surface area (Å²) < 4.78 is 13.8. The monoisotopic (exact) mass is 277 g/mol. The van der Waals surface area contributed by atoms with Gasteiger partial charge >= 0.3 is 6.03 Å². The van der Waals surface area contributed by atoms with Gasteiger partial charge in [-0.1, -0.05) is 12.1 Å². The van der Waals surface area contributed by atoms with Crippen LogP contribution < -0.4 is 10.2 Å². The lowest BCUT2D eigenvalue weighted by atomic mass is 10.1. The molecule has 1 saturated heterocycles. The van der Waals surface area contributed by atoms with Crippen LogP contribution in [0.3, 0.4) is 0 Å². The minimum absolute atomic E-state index is 0.0215. The third kappa shape index (κ3) is 2.71. The second kappa shape index (κ2) is 5.31. The highest BCUT2D eigenvalue weighted by molar-refractivity contribution is 5.75. The van der Waals surface area contributed by atoms with E-state index in [-0.39, 0.29) is 17.9 Å². The van der Waals surface area contributed by atoms with Gasteiger partial charge in [-0.2, -0.15) is 0 Å². The fraction of sp³-hybridized carbons (Fsp3) is 0.533. The lowest BCUT2D eigenvalue weighted by molar-refractivity contribution is 0.171. The zero-order valence-corrected chi connectivity index (χ0v) is 11.7. The van der Waals surface area contributed by atoms with E-state index in [0.717, 1.165) is 12.8 Å². The van der Waals surface area contributed by atoms with Gasteiger partial charge in [-0.05, 0) is 31.9 Å². The van der Waals surface area contributed by atoms with E-state index < -0.39 is 0 Å². The number of carbonyl (C=O) groups excluding carboxylic acids is 1. The Kier molecular flexibility index (Phi) is 3.51. The molecule has 1 aliphatic heterocycles. The summed E-state index contributed by atoms with van der Waals surface area (Å²) >= 11 is 0. The normalized spacial score (nSPS) is 22.8. The second-order valence-corrected chi connectivity index (χ2v) is 5.66. The molecule has 20 heavy (non-hydrogen) atoms. The molecular formula is C15H20FN3O. The molecule has 0 aromatic heterocycles. The highest BCUT2D eigenvalue weighted by Gasteiger charge is 2.31. The Morgan fingerprint density at radius 2 is 2.05 bits per heavy atom. The number of hydrogen-bond acceptors (Lipinski definition) is 2. The molecule has 1 heterocycles. The summed E-state index contributed by atoms with van der Waals surface area (Å²) in [6.45, 7) is 3.98. The first-order chi connectivity index (χ1) is 9.65. The molecule has 0 radical (unpaired) electrons. The maximum Gasteiger partial charge on any atom is 0.317 e. The van der Waals surface area contributed by atoms with Crippen LogP contribution >= 0.6 is 0 Å². The van der Waals surface area contributed by atoms with Crippen molar-refractivity contribution in [1.82, 2.24) is 10.2 Å². The van der Waals surface area contributed by atoms with Gasteiger partial charge in [0.1, 0.15) is 5.82 Å². The molecule has 1 saturated carbocycles. The molecule has 1 aliphatic carbocycles. The van der Waals surface area contributed by atoms with Crippen molar-refractivity contribution in [3.63, 3.8) is 0 Å². The van der Waals surface area contributed by atoms with Crippen molar-refractivity contribution in [1.29, 1.82) is 0 Å². The predicted molar refractivity (Wildman–Crippen MR) is 76.3 cm³/mol. The topological polar surface area (TPSA) is 35.6 Å². The largest absolute Gasteiger partial charge is 0.365 e. The maximum atomic E-state index is 13.8. The summed E-state index contributed by atoms with van der Waals surface area (Å²) in [6, 6.07) is 7.29. The van der Waals surface area contributed by atoms with E-state index in [1.54, 1.807) is 12.1 Å². The van der Waals surface area contributed by atoms with Crippen LogP contribution in [-0.2, 0) is 0 Å². The van der Waals surface area contributed by atoms with E-state index >= 15 is 0 Å². The van der Waals surface area contributed by atoms with Crippen molar-refractivity contribution in [3.05, 3.63) is 30.1 Å². The number of nitrogens with zero attached hydrogens (tertiary/aromatic N) is 2. The van der Waals surface area contributed by atoms with Gasteiger partial charge in [-0.15, -0.1) is 0 Å². The summed E-state index contributed by atoms with van der Waals surface area (Å²) in [5.74, 6) is -0.199. The van der Waals surface area contributed by atoms with Crippen molar-refractivity contribution in [2.45, 2.75) is 31.8 Å². The number of hydrogen-bond donors (Lipinski definition) is 1. The van der Waals surface area contributed by atoms with Gasteiger partial charge in [0.25, 0.3) is 0 Å². The standard InChI is InChI=1S/C15H20FN3O/c1-11-10-18(14-5-3-2-4-13(14)16)8-9-19(11)15(20)17-12-6-7-12/h2-5,11-12H,6-10H2,1H3,(H,17,20)/t11-/m0/s1. The van der Waals surface area contributed by atoms with Crippen molar-refractivity contribution >= 4 is 11.7 Å². The molecule has 2 aliphatic rings. The molecule has 2 amide bonds. The third-order valence-electron chi connectivity index (χ3n) is 3.99. The Morgan fingerprint density at radius 3 is 2.70 bits per heavy atom. The number of nitrogens with one attached hydrogen (secondary N) is 1. The number of amides is 2. The van der Waals surface area contributed by atoms with Gasteiger partial charge in [0.05, 0.1) is 5.69 Å². The van der Waals surface area contributed by atoms with E-state index in [1.165, 1.54) is 6.07 Å². The quantitative estimate of drug-likeness (QED) is 0.899. The zero-order chi connectivity index (χ0) is 14.1. The number of rotatable bonds is 2. The van der Waals surface area contributed by atoms with Crippen LogP contribution in [0.5, 0.6) is 0 Å². The SMILES string of the molecule is C[C@H]1CN(c2ccccc2F)CCN1C(=O)NC1CC1. The number of benzene rings is 1. The molecule has 1 N–H and O–H groups in total. The van der Waals surface area contributed by atoms with Crippen LogP contribution in [0.4, 0.5) is 14.9 Å². The van der Waals surface area contributed by atoms with Gasteiger partial charge < -0.3 is 15.1 Å². The molecular weight excluding hydrogens is 257 g/mol. The van der Waals surface area contributed by atoms with Crippen molar-refractivity contribution in [2.24, 2.45) is 0 Å². The molecule has 5 heteroatoms. The van der Waals surface area contributed by atoms with Gasteiger partial charge in [0, 0.05) is 31.7 Å². The molecule has 0 spiro atoms. The Bertz CT molecular complexity index is 504. The first kappa shape index (κ1) is 13.2. The third-order valence-corrected chi connectivity index (χ3v) is 3.99. The Hall–Kier alpha value is -1.78. The Labute approximate surface area is 118 Å². The number of anilines is 1. The van der Waals surface area contributed by atoms with Gasteiger partial charge in [0.2, 0.25) is 0 Å². The van der Waals surface area contributed by atoms with Crippen molar-refractivity contribution in [3.8, 4) is 0 Å². The average molecular weight is 277 g/mol. The van der Waals surface area contributed by atoms with Crippen molar-refractivity contribution < 1.29 is 9.18 Å². The van der Waals surface area contributed by atoms with Gasteiger partial charge in [-0.3, -0.25) is 0 Å². The molecule has 1 atom stereocenters. The summed E-state index contributed by atoms with van der Waals surface area (Å²) in [7, 11) is 0. The van der Waals surface area contributed by atoms with E-state index in [1.807, 2.05) is 22.8 Å². The fourth-order valence-corrected chi connectivity index (χ4v) is 2.67. The predicted octanol–water partition coefficient (Wildman–Crippen LogP) is 2.21. The minimum atomic E-state index is -0.199. The van der Waals surface area contributed by atoms with Crippen LogP contribution in [0.1, 0.15) is 19.8 Å². The molecule has 3 rings (SSSR count). The summed E-state index contributed by atoms with van der Waals surface area (Å²) in [5, 5.41) is 3.01. The van der Waals surface area contributed by atoms with Crippen LogP contribution in [-0.4, -0.2) is 42.6 Å². The Morgan fingerprint density at radius 1 is 1.30 bits per heavy atom. The number of urea groups is 1. The van der Waals surface area contributed by atoms with Crippen LogP contribution in [0, 0.1) is 5.82 Å². The molecule has 2 fully saturated rings. The number of carbonyl (C=O) groups is 1. The van der Waals surface area contributed by atoms with E-state index in [4.69, 9.17) is 0 Å². The van der Waals surface area contributed by atoms with Gasteiger partial charge in [0.15, 0.2) is 0 Å². The van der Waals surface area contributed by atoms with Crippen LogP contribution in [0.15, 0.2) is 24.3 Å². The lowest BCUT2D eigenvalue weighted by Crippen LogP contribution is -2.57. The highest BCUT2D eigenvalue weighted by Crippen LogP contribution is 2.23. The fourth-order valence-electron chi connectivity index (χ4n) is 2.67. The summed E-state index contributed by atoms with van der Waals surface area (Å²) in [5.41, 5.74) is 0.626. The van der Waals surface area contributed by atoms with Crippen molar-refractivity contribution in [2.75, 3.05) is 24.5 Å². The van der Waals surface area contributed by atoms with E-state index in [0.29, 0.717) is 31.4 Å². The molecule has 1 aromatic rings. The van der Waals surface area contributed by atoms with E-state index in [2.05, 4.69) is 5.32 Å². The molecule has 0 bridgehead atoms. The smallest absolute Gasteiger partial charge is 0.317 e. The molecule has 108 valence electrons. The van der Waals surface area contributed by atoms with Crippen LogP contribution in [0.2, 0.25) is 0 Å². The number of para-hydroxylation sites is 1. The van der Waals surface area contributed by atoms with Gasteiger partial charge in [-0.25, -0.2) is 9.18 Å². The van der Waals surface area contributed by atoms with E-state index in [9.17, 15) is 9.18 Å². The molecule has 4 nitrogen and oxygen atoms in total. The maximum absolute atomic E-state index is 13.8. The Balaban J connectivity index is 1.64. The summed E-state index contributed by atoms with van der Waals surface area (Å²) in [6.07, 6.45) is 2.19. The minimum Gasteiger partial charge on any atom is -0.365 e. The summed E-state index contributed by atoms with van der Waals surface area (Å²) in [4.78, 5) is 16.0. The molecule has 0 unspecified atom stereocenters. The highest BCUT2D eigenvalue weighted by atomic mass is 19.1. The molecule has 1 aromatic carbocycles. The second-order valence-electron chi connectivity index (χ2n) is 5.66. The first-order valence-corrected chi connectivity index (χ1v) is 7.22. The number of halogens is 1. The lowest BCUT2D eigenvalue weighted by Gasteiger charge is -2.41. The first-order valence-electron chi connectivity index (χ1n) is 7.22. The van der Waals surface area contributed by atoms with Crippen LogP contribution in [0.25, 0.3) is 0 Å².